The Morgan fingerprint density at radius 1 is 1.21 bits per heavy atom. The average Bonchev–Trinajstić information content (AvgIpc) is 3.01. The maximum atomic E-state index is 13.9. The Bertz CT molecular complexity index is 1090. The van der Waals surface area contributed by atoms with Crippen LogP contribution in [0.25, 0.3) is 0 Å². The van der Waals surface area contributed by atoms with E-state index in [9.17, 15) is 23.2 Å². The fourth-order valence-electron chi connectivity index (χ4n) is 6.46. The molecule has 1 unspecified atom stereocenters. The maximum absolute atomic E-state index is 13.9. The average molecular weight is 552 g/mol. The molecule has 11 heteroatoms. The summed E-state index contributed by atoms with van der Waals surface area (Å²) in [5, 5.41) is 12.8. The van der Waals surface area contributed by atoms with Gasteiger partial charge in [-0.05, 0) is 96.8 Å². The number of aromatic nitrogens is 1. The number of amides is 1. The van der Waals surface area contributed by atoms with Crippen LogP contribution in [0, 0.1) is 17.2 Å². The molecule has 208 valence electrons. The van der Waals surface area contributed by atoms with Gasteiger partial charge in [-0.3, -0.25) is 9.69 Å². The Kier molecular flexibility index (Phi) is 8.36. The third-order valence-electron chi connectivity index (χ3n) is 8.12. The van der Waals surface area contributed by atoms with Crippen molar-refractivity contribution in [2.75, 3.05) is 11.5 Å². The zero-order valence-corrected chi connectivity index (χ0v) is 23.2. The van der Waals surface area contributed by atoms with E-state index < -0.39 is 34.6 Å². The largest absolute Gasteiger partial charge is 0.421 e. The number of nitrogens with one attached hydrogen (secondary N) is 1. The number of rotatable bonds is 6. The zero-order chi connectivity index (χ0) is 27.8. The zero-order valence-electron chi connectivity index (χ0n) is 22.3. The molecule has 0 spiro atoms. The number of hydrogen-bond acceptors (Lipinski definition) is 6. The lowest BCUT2D eigenvalue weighted by Gasteiger charge is -2.41. The van der Waals surface area contributed by atoms with Crippen LogP contribution in [0.3, 0.4) is 0 Å². The summed E-state index contributed by atoms with van der Waals surface area (Å²) in [6.07, 6.45) is 2.77. The van der Waals surface area contributed by atoms with Gasteiger partial charge < -0.3 is 15.0 Å². The fourth-order valence-corrected chi connectivity index (χ4v) is 7.02. The summed E-state index contributed by atoms with van der Waals surface area (Å²) in [4.78, 5) is 19.8. The van der Waals surface area contributed by atoms with Crippen LogP contribution in [0.5, 0.6) is 0 Å². The fraction of sp³-hybridized carbons (Fsp3) is 0.704. The topological polar surface area (TPSA) is 81.5 Å². The molecule has 4 rings (SSSR count). The number of anilines is 1. The van der Waals surface area contributed by atoms with Gasteiger partial charge in [0.25, 0.3) is 5.91 Å². The third-order valence-corrected chi connectivity index (χ3v) is 8.50. The Labute approximate surface area is 227 Å². The molecule has 1 amide bonds. The normalized spacial score (nSPS) is 30.0. The SMILES string of the molecule is C[C@@H]1CC(CCOC2CCC(N3C(=S)N(c4ccnc(C#N)c4C(F)(F)F)C(=O)C3(C)C)CC2)C[C@H](C)N1. The van der Waals surface area contributed by atoms with Crippen LogP contribution in [0.1, 0.15) is 83.9 Å². The highest BCUT2D eigenvalue weighted by molar-refractivity contribution is 7.80. The minimum Gasteiger partial charge on any atom is -0.378 e. The molecule has 38 heavy (non-hydrogen) atoms. The number of thiocarbonyl (C=S) groups is 1. The van der Waals surface area contributed by atoms with Gasteiger partial charge in [-0.1, -0.05) is 0 Å². The highest BCUT2D eigenvalue weighted by Gasteiger charge is 2.54. The van der Waals surface area contributed by atoms with E-state index in [4.69, 9.17) is 17.0 Å². The summed E-state index contributed by atoms with van der Waals surface area (Å²) >= 11 is 5.63. The Balaban J connectivity index is 1.42. The molecule has 3 aliphatic rings. The lowest BCUT2D eigenvalue weighted by Crippen LogP contribution is -2.51. The van der Waals surface area contributed by atoms with E-state index in [-0.39, 0.29) is 17.3 Å². The van der Waals surface area contributed by atoms with Crippen LogP contribution in [-0.4, -0.2) is 57.3 Å². The first kappa shape index (κ1) is 28.7. The molecular formula is C27H36F3N5O2S. The van der Waals surface area contributed by atoms with Crippen molar-refractivity contribution in [1.29, 1.82) is 5.26 Å². The van der Waals surface area contributed by atoms with Crippen LogP contribution in [0.2, 0.25) is 0 Å². The van der Waals surface area contributed by atoms with Crippen molar-refractivity contribution in [3.8, 4) is 6.07 Å². The highest BCUT2D eigenvalue weighted by atomic mass is 32.1. The monoisotopic (exact) mass is 551 g/mol. The van der Waals surface area contributed by atoms with Crippen molar-refractivity contribution in [1.82, 2.24) is 15.2 Å². The molecular weight excluding hydrogens is 515 g/mol. The molecule has 1 N–H and O–H groups in total. The molecule has 0 bridgehead atoms. The molecule has 3 atom stereocenters. The van der Waals surface area contributed by atoms with Gasteiger partial charge in [0, 0.05) is 30.9 Å². The van der Waals surface area contributed by atoms with Crippen LogP contribution < -0.4 is 10.2 Å². The summed E-state index contributed by atoms with van der Waals surface area (Å²) in [6, 6.07) is 3.56. The summed E-state index contributed by atoms with van der Waals surface area (Å²) < 4.78 is 48.1. The van der Waals surface area contributed by atoms with Crippen molar-refractivity contribution < 1.29 is 22.7 Å². The number of pyridine rings is 1. The van der Waals surface area contributed by atoms with Crippen LogP contribution in [-0.2, 0) is 15.7 Å². The lowest BCUT2D eigenvalue weighted by atomic mass is 9.87. The number of hydrogen-bond donors (Lipinski definition) is 1. The third kappa shape index (κ3) is 5.68. The predicted molar refractivity (Wildman–Crippen MR) is 141 cm³/mol. The summed E-state index contributed by atoms with van der Waals surface area (Å²) in [6.45, 7) is 8.54. The first-order chi connectivity index (χ1) is 17.8. The van der Waals surface area contributed by atoms with Crippen LogP contribution in [0.4, 0.5) is 18.9 Å². The lowest BCUT2D eigenvalue weighted by molar-refractivity contribution is -0.137. The number of halogens is 3. The van der Waals surface area contributed by atoms with E-state index in [2.05, 4.69) is 24.1 Å². The van der Waals surface area contributed by atoms with Gasteiger partial charge >= 0.3 is 6.18 Å². The van der Waals surface area contributed by atoms with E-state index in [1.54, 1.807) is 18.7 Å². The molecule has 1 aromatic heterocycles. The van der Waals surface area contributed by atoms with Crippen LogP contribution >= 0.6 is 12.2 Å². The first-order valence-corrected chi connectivity index (χ1v) is 13.8. The van der Waals surface area contributed by atoms with Gasteiger partial charge in [-0.2, -0.15) is 18.4 Å². The number of carbonyl (C=O) groups excluding carboxylic acids is 1. The van der Waals surface area contributed by atoms with Gasteiger partial charge in [-0.15, -0.1) is 0 Å². The van der Waals surface area contributed by atoms with E-state index >= 15 is 0 Å². The van der Waals surface area contributed by atoms with Crippen LogP contribution in [0.15, 0.2) is 12.3 Å². The van der Waals surface area contributed by atoms with Gasteiger partial charge in [0.2, 0.25) is 0 Å². The molecule has 2 saturated heterocycles. The quantitative estimate of drug-likeness (QED) is 0.488. The maximum Gasteiger partial charge on any atom is 0.421 e. The number of ether oxygens (including phenoxy) is 1. The highest BCUT2D eigenvalue weighted by Crippen LogP contribution is 2.43. The first-order valence-electron chi connectivity index (χ1n) is 13.4. The van der Waals surface area contributed by atoms with E-state index in [1.165, 1.54) is 6.07 Å². The Hall–Kier alpha value is -2.29. The molecule has 1 saturated carbocycles. The predicted octanol–water partition coefficient (Wildman–Crippen LogP) is 5.18. The Morgan fingerprint density at radius 2 is 1.84 bits per heavy atom. The van der Waals surface area contributed by atoms with Crippen molar-refractivity contribution in [2.45, 2.75) is 109 Å². The molecule has 0 radical (unpaired) electrons. The Morgan fingerprint density at radius 3 is 2.42 bits per heavy atom. The molecule has 3 heterocycles. The number of carbonyl (C=O) groups is 1. The van der Waals surface area contributed by atoms with Gasteiger partial charge in [-0.25, -0.2) is 4.98 Å². The number of nitriles is 1. The summed E-state index contributed by atoms with van der Waals surface area (Å²) in [7, 11) is 0. The van der Waals surface area contributed by atoms with E-state index in [1.807, 2.05) is 0 Å². The molecule has 7 nitrogen and oxygen atoms in total. The summed E-state index contributed by atoms with van der Waals surface area (Å²) in [5.41, 5.74) is -3.61. The molecule has 1 aromatic rings. The smallest absolute Gasteiger partial charge is 0.378 e. The number of alkyl halides is 3. The standard InChI is InChI=1S/C27H36F3N5O2S/c1-16-13-18(14-17(2)33-16)10-12-37-20-7-5-19(6-8-20)35-25(38)34(24(36)26(35,3)4)22-9-11-32-21(15-31)23(22)27(28,29)30/h9,11,16-20,33H,5-8,10,12-14H2,1-4H3/t16-,17+,18?,19?,20?. The van der Waals surface area contributed by atoms with Gasteiger partial charge in [0.1, 0.15) is 17.2 Å². The minimum atomic E-state index is -4.87. The number of piperidine rings is 1. The van der Waals surface area contributed by atoms with E-state index in [0.717, 1.165) is 68.7 Å². The molecule has 0 aromatic carbocycles. The molecule has 2 aliphatic heterocycles. The number of nitrogens with zero attached hydrogens (tertiary/aromatic N) is 4. The van der Waals surface area contributed by atoms with E-state index in [0.29, 0.717) is 18.0 Å². The minimum absolute atomic E-state index is 0.0269. The second kappa shape index (κ2) is 11.1. The second-order valence-corrected chi connectivity index (χ2v) is 11.8. The molecule has 1 aliphatic carbocycles. The molecule has 3 fully saturated rings. The van der Waals surface area contributed by atoms with Gasteiger partial charge in [0.05, 0.1) is 11.8 Å². The summed E-state index contributed by atoms with van der Waals surface area (Å²) in [5.74, 6) is 0.112. The van der Waals surface area contributed by atoms with Crippen molar-refractivity contribution >= 4 is 28.9 Å². The van der Waals surface area contributed by atoms with Gasteiger partial charge in [0.15, 0.2) is 10.8 Å². The van der Waals surface area contributed by atoms with Crippen molar-refractivity contribution in [3.63, 3.8) is 0 Å². The second-order valence-electron chi connectivity index (χ2n) is 11.4. The van der Waals surface area contributed by atoms with Crippen molar-refractivity contribution in [3.05, 3.63) is 23.5 Å². The van der Waals surface area contributed by atoms with Crippen molar-refractivity contribution in [2.24, 2.45) is 5.92 Å².